The number of rotatable bonds is 3. The van der Waals surface area contributed by atoms with Crippen LogP contribution >= 0.6 is 0 Å². The maximum atomic E-state index is 5.76. The van der Waals surface area contributed by atoms with Crippen molar-refractivity contribution >= 4 is 0 Å². The minimum absolute atomic E-state index is 0.526. The van der Waals surface area contributed by atoms with Crippen molar-refractivity contribution < 1.29 is 4.42 Å². The van der Waals surface area contributed by atoms with E-state index in [1.807, 2.05) is 83.7 Å². The quantitative estimate of drug-likeness (QED) is 0.567. The summed E-state index contributed by atoms with van der Waals surface area (Å²) in [5.74, 6) is 1.06. The minimum atomic E-state index is 0.526. The summed E-state index contributed by atoms with van der Waals surface area (Å²) in [5.41, 5.74) is 2.92. The predicted molar refractivity (Wildman–Crippen MR) is 84.5 cm³/mol. The molecule has 0 fully saturated rings. The molecule has 2 aromatic carbocycles. The van der Waals surface area contributed by atoms with Gasteiger partial charge in [-0.2, -0.15) is 0 Å². The van der Waals surface area contributed by atoms with Crippen LogP contribution in [-0.2, 0) is 0 Å². The van der Waals surface area contributed by atoms with E-state index in [0.29, 0.717) is 11.8 Å². The molecule has 0 N–H and O–H groups in total. The first-order valence-electron chi connectivity index (χ1n) is 7.03. The average molecular weight is 287 g/mol. The Morgan fingerprint density at radius 3 is 1.86 bits per heavy atom. The first-order valence-corrected chi connectivity index (χ1v) is 7.03. The zero-order valence-corrected chi connectivity index (χ0v) is 11.8. The van der Waals surface area contributed by atoms with Crippen LogP contribution in [0.2, 0.25) is 0 Å². The molecule has 2 aromatic heterocycles. The van der Waals surface area contributed by atoms with Crippen LogP contribution in [-0.4, -0.2) is 14.8 Å². The highest BCUT2D eigenvalue weighted by molar-refractivity contribution is 5.59. The van der Waals surface area contributed by atoms with Gasteiger partial charge in [-0.1, -0.05) is 18.2 Å². The number of benzene rings is 2. The van der Waals surface area contributed by atoms with E-state index in [0.717, 1.165) is 16.8 Å². The first kappa shape index (κ1) is 12.6. The third-order valence-corrected chi connectivity index (χ3v) is 3.46. The molecule has 4 rings (SSSR count). The minimum Gasteiger partial charge on any atom is -0.416 e. The molecule has 0 amide bonds. The maximum Gasteiger partial charge on any atom is 0.248 e. The van der Waals surface area contributed by atoms with E-state index in [-0.39, 0.29) is 0 Å². The average Bonchev–Trinajstić information content (AvgIpc) is 3.28. The molecule has 4 heteroatoms. The summed E-state index contributed by atoms with van der Waals surface area (Å²) in [6, 6.07) is 21.8. The van der Waals surface area contributed by atoms with Gasteiger partial charge in [-0.3, -0.25) is 0 Å². The molecule has 0 radical (unpaired) electrons. The van der Waals surface area contributed by atoms with Crippen LogP contribution in [0.5, 0.6) is 0 Å². The van der Waals surface area contributed by atoms with Crippen LogP contribution in [0.3, 0.4) is 0 Å². The molecule has 0 saturated heterocycles. The van der Waals surface area contributed by atoms with Crippen molar-refractivity contribution in [3.8, 4) is 28.6 Å². The molecule has 0 atom stereocenters. The first-order chi connectivity index (χ1) is 10.9. The number of hydrogen-bond donors (Lipinski definition) is 0. The molecule has 0 aliphatic heterocycles. The molecule has 4 nitrogen and oxygen atoms in total. The molecule has 22 heavy (non-hydrogen) atoms. The summed E-state index contributed by atoms with van der Waals surface area (Å²) in [6.45, 7) is 0. The largest absolute Gasteiger partial charge is 0.416 e. The van der Waals surface area contributed by atoms with Crippen LogP contribution in [0.15, 0.2) is 83.5 Å². The van der Waals surface area contributed by atoms with Crippen molar-refractivity contribution in [2.24, 2.45) is 0 Å². The van der Waals surface area contributed by atoms with Crippen LogP contribution in [0.4, 0.5) is 0 Å². The van der Waals surface area contributed by atoms with Crippen LogP contribution in [0.1, 0.15) is 0 Å². The van der Waals surface area contributed by atoms with Crippen molar-refractivity contribution in [3.05, 3.63) is 79.1 Å². The summed E-state index contributed by atoms with van der Waals surface area (Å²) in [7, 11) is 0. The van der Waals surface area contributed by atoms with Gasteiger partial charge in [0.15, 0.2) is 0 Å². The smallest absolute Gasteiger partial charge is 0.248 e. The second-order valence-corrected chi connectivity index (χ2v) is 4.92. The molecule has 0 bridgehead atoms. The van der Waals surface area contributed by atoms with Crippen LogP contribution in [0, 0.1) is 0 Å². The summed E-state index contributed by atoms with van der Waals surface area (Å²) in [5, 5.41) is 8.25. The van der Waals surface area contributed by atoms with Gasteiger partial charge >= 0.3 is 0 Å². The Morgan fingerprint density at radius 1 is 0.636 bits per heavy atom. The van der Waals surface area contributed by atoms with Gasteiger partial charge < -0.3 is 8.98 Å². The summed E-state index contributed by atoms with van der Waals surface area (Å²) >= 11 is 0. The highest BCUT2D eigenvalue weighted by atomic mass is 16.4. The van der Waals surface area contributed by atoms with E-state index in [2.05, 4.69) is 10.2 Å². The molecule has 106 valence electrons. The SMILES string of the molecule is c1ccc(-c2nnc(-c3ccc(-n4cccc4)cc3)o2)cc1. The van der Waals surface area contributed by atoms with Crippen molar-refractivity contribution in [2.45, 2.75) is 0 Å². The lowest BCUT2D eigenvalue weighted by molar-refractivity contribution is 0.584. The van der Waals surface area contributed by atoms with Gasteiger partial charge in [0.05, 0.1) is 0 Å². The van der Waals surface area contributed by atoms with Gasteiger partial charge in [-0.05, 0) is 48.5 Å². The summed E-state index contributed by atoms with van der Waals surface area (Å²) in [4.78, 5) is 0. The molecule has 0 aliphatic carbocycles. The second kappa shape index (κ2) is 5.33. The molecular weight excluding hydrogens is 274 g/mol. The molecule has 4 aromatic rings. The van der Waals surface area contributed by atoms with Crippen LogP contribution in [0.25, 0.3) is 28.6 Å². The Kier molecular flexibility index (Phi) is 3.05. The molecular formula is C18H13N3O. The fourth-order valence-electron chi connectivity index (χ4n) is 2.32. The van der Waals surface area contributed by atoms with E-state index >= 15 is 0 Å². The van der Waals surface area contributed by atoms with E-state index in [4.69, 9.17) is 4.42 Å². The van der Waals surface area contributed by atoms with Crippen molar-refractivity contribution in [3.63, 3.8) is 0 Å². The number of nitrogens with zero attached hydrogens (tertiary/aromatic N) is 3. The lowest BCUT2D eigenvalue weighted by Crippen LogP contribution is -1.88. The standard InChI is InChI=1S/C18H13N3O/c1-2-6-14(7-3-1)17-19-20-18(22-17)15-8-10-16(11-9-15)21-12-4-5-13-21/h1-13H. The Balaban J connectivity index is 1.64. The second-order valence-electron chi connectivity index (χ2n) is 4.92. The lowest BCUT2D eigenvalue weighted by Gasteiger charge is -2.02. The number of hydrogen-bond acceptors (Lipinski definition) is 3. The molecule has 0 spiro atoms. The van der Waals surface area contributed by atoms with E-state index < -0.39 is 0 Å². The zero-order valence-electron chi connectivity index (χ0n) is 11.8. The molecule has 0 aliphatic rings. The maximum absolute atomic E-state index is 5.76. The van der Waals surface area contributed by atoms with Gasteiger partial charge in [-0.15, -0.1) is 10.2 Å². The predicted octanol–water partition coefficient (Wildman–Crippen LogP) is 4.19. The normalized spacial score (nSPS) is 10.7. The third kappa shape index (κ3) is 2.31. The molecule has 2 heterocycles. The summed E-state index contributed by atoms with van der Waals surface area (Å²) in [6.07, 6.45) is 4.02. The highest BCUT2D eigenvalue weighted by Gasteiger charge is 2.10. The van der Waals surface area contributed by atoms with Crippen molar-refractivity contribution in [1.29, 1.82) is 0 Å². The van der Waals surface area contributed by atoms with Gasteiger partial charge in [0.2, 0.25) is 11.8 Å². The van der Waals surface area contributed by atoms with Crippen molar-refractivity contribution in [2.75, 3.05) is 0 Å². The Morgan fingerprint density at radius 2 is 1.23 bits per heavy atom. The highest BCUT2D eigenvalue weighted by Crippen LogP contribution is 2.24. The zero-order chi connectivity index (χ0) is 14.8. The monoisotopic (exact) mass is 287 g/mol. The fourth-order valence-corrected chi connectivity index (χ4v) is 2.32. The lowest BCUT2D eigenvalue weighted by atomic mass is 10.2. The fraction of sp³-hybridized carbons (Fsp3) is 0. The molecule has 0 unspecified atom stereocenters. The van der Waals surface area contributed by atoms with Crippen molar-refractivity contribution in [1.82, 2.24) is 14.8 Å². The Labute approximate surface area is 127 Å². The Hall–Kier alpha value is -3.14. The van der Waals surface area contributed by atoms with E-state index in [9.17, 15) is 0 Å². The van der Waals surface area contributed by atoms with Gasteiger partial charge in [0.1, 0.15) is 0 Å². The Bertz CT molecular complexity index is 862. The third-order valence-electron chi connectivity index (χ3n) is 3.46. The van der Waals surface area contributed by atoms with Gasteiger partial charge in [0, 0.05) is 29.2 Å². The van der Waals surface area contributed by atoms with Crippen LogP contribution < -0.4 is 0 Å². The molecule has 0 saturated carbocycles. The van der Waals surface area contributed by atoms with Gasteiger partial charge in [-0.25, -0.2) is 0 Å². The van der Waals surface area contributed by atoms with Gasteiger partial charge in [0.25, 0.3) is 0 Å². The number of aromatic nitrogens is 3. The topological polar surface area (TPSA) is 43.9 Å². The van der Waals surface area contributed by atoms with E-state index in [1.54, 1.807) is 0 Å². The van der Waals surface area contributed by atoms with E-state index in [1.165, 1.54) is 0 Å². The summed E-state index contributed by atoms with van der Waals surface area (Å²) < 4.78 is 7.81.